The molecule has 1 N–H and O–H groups in total. The molecule has 1 amide bonds. The molecule has 1 aliphatic rings. The molecule has 3 rings (SSSR count). The van der Waals surface area contributed by atoms with E-state index in [-0.39, 0.29) is 16.8 Å². The zero-order chi connectivity index (χ0) is 18.7. The molecule has 0 bridgehead atoms. The van der Waals surface area contributed by atoms with Crippen molar-refractivity contribution < 1.29 is 13.2 Å². The Kier molecular flexibility index (Phi) is 5.79. The van der Waals surface area contributed by atoms with Crippen LogP contribution in [0.3, 0.4) is 0 Å². The first-order valence-corrected chi connectivity index (χ1v) is 11.1. The van der Waals surface area contributed by atoms with Crippen molar-refractivity contribution in [1.29, 1.82) is 0 Å². The van der Waals surface area contributed by atoms with Gasteiger partial charge in [0.25, 0.3) is 5.91 Å². The molecular weight excluding hydrogens is 368 g/mol. The first-order valence-electron chi connectivity index (χ1n) is 8.83. The molecule has 1 saturated carbocycles. The standard InChI is InChI=1S/C19H24N2O3S2/c1-14-12-13-25-18(14)19(22)20-15-8-10-17(11-9-15)26(23,24)21(2)16-6-4-3-5-7-16/h8-13,16H,3-7H2,1-2H3,(H,20,22). The summed E-state index contributed by atoms with van der Waals surface area (Å²) in [6.07, 6.45) is 5.19. The predicted octanol–water partition coefficient (Wildman–Crippen LogP) is 4.26. The van der Waals surface area contributed by atoms with E-state index in [1.807, 2.05) is 18.4 Å². The third-order valence-electron chi connectivity index (χ3n) is 4.95. The van der Waals surface area contributed by atoms with Gasteiger partial charge < -0.3 is 5.32 Å². The quantitative estimate of drug-likeness (QED) is 0.827. The number of thiophene rings is 1. The van der Waals surface area contributed by atoms with Crippen LogP contribution in [-0.2, 0) is 10.0 Å². The molecule has 140 valence electrons. The SMILES string of the molecule is Cc1ccsc1C(=O)Nc1ccc(S(=O)(=O)N(C)C2CCCCC2)cc1. The summed E-state index contributed by atoms with van der Waals surface area (Å²) in [5.74, 6) is -0.174. The van der Waals surface area contributed by atoms with Gasteiger partial charge in [-0.15, -0.1) is 11.3 Å². The number of rotatable bonds is 5. The van der Waals surface area contributed by atoms with Gasteiger partial charge in [-0.3, -0.25) is 4.79 Å². The van der Waals surface area contributed by atoms with Crippen molar-refractivity contribution in [3.63, 3.8) is 0 Å². The normalized spacial score (nSPS) is 16.0. The van der Waals surface area contributed by atoms with E-state index in [1.165, 1.54) is 22.1 Å². The van der Waals surface area contributed by atoms with Crippen LogP contribution in [0.5, 0.6) is 0 Å². The van der Waals surface area contributed by atoms with Gasteiger partial charge in [0.05, 0.1) is 9.77 Å². The van der Waals surface area contributed by atoms with Gasteiger partial charge in [0, 0.05) is 18.8 Å². The third-order valence-corrected chi connectivity index (χ3v) is 7.89. The van der Waals surface area contributed by atoms with Crippen LogP contribution in [0.4, 0.5) is 5.69 Å². The minimum atomic E-state index is -3.51. The summed E-state index contributed by atoms with van der Waals surface area (Å²) in [5.41, 5.74) is 1.52. The van der Waals surface area contributed by atoms with E-state index in [0.29, 0.717) is 10.6 Å². The summed E-state index contributed by atoms with van der Waals surface area (Å²) in [6.45, 7) is 1.89. The van der Waals surface area contributed by atoms with Crippen molar-refractivity contribution in [1.82, 2.24) is 4.31 Å². The number of hydrogen-bond acceptors (Lipinski definition) is 4. The zero-order valence-corrected chi connectivity index (χ0v) is 16.7. The first kappa shape index (κ1) is 19.1. The molecule has 1 aromatic heterocycles. The van der Waals surface area contributed by atoms with Crippen LogP contribution >= 0.6 is 11.3 Å². The molecule has 26 heavy (non-hydrogen) atoms. The number of nitrogens with one attached hydrogen (secondary N) is 1. The van der Waals surface area contributed by atoms with Crippen LogP contribution < -0.4 is 5.32 Å². The number of aryl methyl sites for hydroxylation is 1. The second-order valence-corrected chi connectivity index (χ2v) is 9.64. The van der Waals surface area contributed by atoms with Gasteiger partial charge in [0.1, 0.15) is 0 Å². The third kappa shape index (κ3) is 4.00. The van der Waals surface area contributed by atoms with Gasteiger partial charge in [-0.25, -0.2) is 8.42 Å². The largest absolute Gasteiger partial charge is 0.321 e. The highest BCUT2D eigenvalue weighted by Crippen LogP contribution is 2.27. The van der Waals surface area contributed by atoms with Gasteiger partial charge in [-0.05, 0) is 61.0 Å². The fraction of sp³-hybridized carbons (Fsp3) is 0.421. The first-order chi connectivity index (χ1) is 12.4. The highest BCUT2D eigenvalue weighted by atomic mass is 32.2. The molecule has 0 unspecified atom stereocenters. The molecule has 0 spiro atoms. The summed E-state index contributed by atoms with van der Waals surface area (Å²) in [7, 11) is -1.84. The highest BCUT2D eigenvalue weighted by molar-refractivity contribution is 7.89. The molecule has 2 aromatic rings. The van der Waals surface area contributed by atoms with E-state index in [4.69, 9.17) is 0 Å². The maximum Gasteiger partial charge on any atom is 0.265 e. The lowest BCUT2D eigenvalue weighted by Crippen LogP contribution is -2.38. The molecule has 0 aliphatic heterocycles. The van der Waals surface area contributed by atoms with E-state index in [9.17, 15) is 13.2 Å². The lowest BCUT2D eigenvalue weighted by atomic mass is 9.96. The average molecular weight is 393 g/mol. The van der Waals surface area contributed by atoms with Gasteiger partial charge in [-0.2, -0.15) is 4.31 Å². The van der Waals surface area contributed by atoms with Crippen LogP contribution in [0, 0.1) is 6.92 Å². The second kappa shape index (κ2) is 7.90. The minimum Gasteiger partial charge on any atom is -0.321 e. The topological polar surface area (TPSA) is 66.5 Å². The van der Waals surface area contributed by atoms with Crippen molar-refractivity contribution in [2.75, 3.05) is 12.4 Å². The smallest absolute Gasteiger partial charge is 0.265 e. The Balaban J connectivity index is 1.72. The summed E-state index contributed by atoms with van der Waals surface area (Å²) in [5, 5.41) is 4.70. The Morgan fingerprint density at radius 3 is 2.35 bits per heavy atom. The van der Waals surface area contributed by atoms with Crippen molar-refractivity contribution in [2.24, 2.45) is 0 Å². The van der Waals surface area contributed by atoms with Crippen LogP contribution in [0.1, 0.15) is 47.3 Å². The van der Waals surface area contributed by atoms with E-state index in [1.54, 1.807) is 31.3 Å². The average Bonchev–Trinajstić information content (AvgIpc) is 3.08. The van der Waals surface area contributed by atoms with Gasteiger partial charge in [0.2, 0.25) is 10.0 Å². The van der Waals surface area contributed by atoms with Gasteiger partial charge >= 0.3 is 0 Å². The lowest BCUT2D eigenvalue weighted by molar-refractivity contribution is 0.103. The predicted molar refractivity (Wildman–Crippen MR) is 105 cm³/mol. The van der Waals surface area contributed by atoms with E-state index < -0.39 is 10.0 Å². The van der Waals surface area contributed by atoms with Gasteiger partial charge in [-0.1, -0.05) is 19.3 Å². The number of hydrogen-bond donors (Lipinski definition) is 1. The van der Waals surface area contributed by atoms with Crippen LogP contribution in [-0.4, -0.2) is 31.7 Å². The summed E-state index contributed by atoms with van der Waals surface area (Å²) in [4.78, 5) is 13.2. The van der Waals surface area contributed by atoms with Crippen molar-refractivity contribution in [3.8, 4) is 0 Å². The molecule has 5 nitrogen and oxygen atoms in total. The molecular formula is C19H24N2O3S2. The summed E-state index contributed by atoms with van der Waals surface area (Å²) in [6, 6.07) is 8.38. The minimum absolute atomic E-state index is 0.0786. The molecule has 1 fully saturated rings. The van der Waals surface area contributed by atoms with Crippen molar-refractivity contribution in [3.05, 3.63) is 46.2 Å². The highest BCUT2D eigenvalue weighted by Gasteiger charge is 2.28. The van der Waals surface area contributed by atoms with Crippen LogP contribution in [0.2, 0.25) is 0 Å². The molecule has 0 radical (unpaired) electrons. The summed E-state index contributed by atoms with van der Waals surface area (Å²) < 4.78 is 27.2. The van der Waals surface area contributed by atoms with E-state index in [2.05, 4.69) is 5.32 Å². The Bertz CT molecular complexity index is 866. The van der Waals surface area contributed by atoms with Crippen LogP contribution in [0.15, 0.2) is 40.6 Å². The number of sulfonamides is 1. The maximum atomic E-state index is 12.8. The fourth-order valence-corrected chi connectivity index (χ4v) is 5.55. The Morgan fingerprint density at radius 2 is 1.77 bits per heavy atom. The molecule has 7 heteroatoms. The molecule has 1 aliphatic carbocycles. The fourth-order valence-electron chi connectivity index (χ4n) is 3.31. The molecule has 1 aromatic carbocycles. The molecule has 0 saturated heterocycles. The van der Waals surface area contributed by atoms with Crippen LogP contribution in [0.25, 0.3) is 0 Å². The number of carbonyl (C=O) groups excluding carboxylic acids is 1. The number of carbonyl (C=O) groups is 1. The molecule has 0 atom stereocenters. The van der Waals surface area contributed by atoms with Crippen molar-refractivity contribution >= 4 is 33.0 Å². The Morgan fingerprint density at radius 1 is 1.12 bits per heavy atom. The number of amides is 1. The number of anilines is 1. The maximum absolute atomic E-state index is 12.8. The van der Waals surface area contributed by atoms with Crippen molar-refractivity contribution in [2.45, 2.75) is 50.0 Å². The Hall–Kier alpha value is -1.70. The Labute approximate surface area is 159 Å². The zero-order valence-electron chi connectivity index (χ0n) is 15.1. The second-order valence-electron chi connectivity index (χ2n) is 6.72. The number of nitrogens with zero attached hydrogens (tertiary/aromatic N) is 1. The summed E-state index contributed by atoms with van der Waals surface area (Å²) >= 11 is 1.39. The number of benzene rings is 1. The lowest BCUT2D eigenvalue weighted by Gasteiger charge is -2.30. The van der Waals surface area contributed by atoms with Gasteiger partial charge in [0.15, 0.2) is 0 Å². The monoisotopic (exact) mass is 392 g/mol. The molecule has 1 heterocycles. The van der Waals surface area contributed by atoms with E-state index >= 15 is 0 Å². The van der Waals surface area contributed by atoms with E-state index in [0.717, 1.165) is 31.2 Å².